The molecule has 3 rings (SSSR count). The fourth-order valence-electron chi connectivity index (χ4n) is 2.68. The summed E-state index contributed by atoms with van der Waals surface area (Å²) in [4.78, 5) is 13.9. The van der Waals surface area contributed by atoms with Gasteiger partial charge in [0, 0.05) is 31.0 Å². The quantitative estimate of drug-likeness (QED) is 0.784. The summed E-state index contributed by atoms with van der Waals surface area (Å²) in [5, 5.41) is 0.979. The molecule has 3 aromatic rings. The van der Waals surface area contributed by atoms with Crippen molar-refractivity contribution >= 4 is 16.9 Å². The maximum Gasteiger partial charge on any atom is 0.239 e. The van der Waals surface area contributed by atoms with Crippen LogP contribution >= 0.6 is 0 Å². The average molecular weight is 326 g/mol. The van der Waals surface area contributed by atoms with Crippen LogP contribution in [0.3, 0.4) is 0 Å². The van der Waals surface area contributed by atoms with Crippen LogP contribution in [-0.2, 0) is 17.8 Å². The van der Waals surface area contributed by atoms with Crippen molar-refractivity contribution < 1.29 is 13.6 Å². The molecule has 1 heterocycles. The lowest BCUT2D eigenvalue weighted by Crippen LogP contribution is -2.42. The number of benzene rings is 2. The summed E-state index contributed by atoms with van der Waals surface area (Å²) >= 11 is 0. The van der Waals surface area contributed by atoms with Crippen molar-refractivity contribution in [3.05, 3.63) is 71.7 Å². The molecule has 0 fully saturated rings. The van der Waals surface area contributed by atoms with Crippen LogP contribution in [0.2, 0.25) is 0 Å². The first-order chi connectivity index (χ1) is 11.5. The number of hydrogen-bond donors (Lipinski definition) is 1. The van der Waals surface area contributed by atoms with E-state index in [2.05, 4.69) is 0 Å². The number of likely N-dealkylation sites (N-methyl/N-ethyl adjacent to an activating group) is 1. The van der Waals surface area contributed by atoms with E-state index in [0.29, 0.717) is 17.7 Å². The van der Waals surface area contributed by atoms with E-state index < -0.39 is 6.04 Å². The molecule has 0 saturated carbocycles. The molecule has 0 radical (unpaired) electrons. The van der Waals surface area contributed by atoms with E-state index in [1.54, 1.807) is 25.2 Å². The van der Waals surface area contributed by atoms with E-state index in [0.717, 1.165) is 11.0 Å². The Morgan fingerprint density at radius 2 is 1.92 bits per heavy atom. The normalized spacial score (nSPS) is 12.3. The Balaban J connectivity index is 1.66. The molecule has 0 spiro atoms. The Morgan fingerprint density at radius 3 is 2.67 bits per heavy atom. The van der Waals surface area contributed by atoms with Crippen molar-refractivity contribution in [1.82, 2.24) is 4.90 Å². The van der Waals surface area contributed by atoms with Gasteiger partial charge in [-0.15, -0.1) is 0 Å². The van der Waals surface area contributed by atoms with Gasteiger partial charge in [0.1, 0.15) is 17.2 Å². The van der Waals surface area contributed by atoms with Gasteiger partial charge in [-0.3, -0.25) is 4.79 Å². The van der Waals surface area contributed by atoms with E-state index in [9.17, 15) is 9.18 Å². The number of hydrogen-bond acceptors (Lipinski definition) is 3. The SMILES string of the molecule is CN(Cc1ccccc1F)C(=O)C(N)Cc1cc2ccccc2o1. The van der Waals surface area contributed by atoms with E-state index in [4.69, 9.17) is 10.2 Å². The number of carbonyl (C=O) groups excluding carboxylic acids is 1. The number of nitrogens with two attached hydrogens (primary N) is 1. The first-order valence-corrected chi connectivity index (χ1v) is 7.76. The van der Waals surface area contributed by atoms with Crippen LogP contribution in [0.5, 0.6) is 0 Å². The molecule has 124 valence electrons. The molecule has 1 amide bonds. The number of fused-ring (bicyclic) bond motifs is 1. The number of carbonyl (C=O) groups is 1. The van der Waals surface area contributed by atoms with Gasteiger partial charge in [-0.1, -0.05) is 36.4 Å². The molecular weight excluding hydrogens is 307 g/mol. The molecule has 0 saturated heterocycles. The summed E-state index contributed by atoms with van der Waals surface area (Å²) in [6, 6.07) is 15.2. The van der Waals surface area contributed by atoms with Gasteiger partial charge in [0.15, 0.2) is 0 Å². The monoisotopic (exact) mass is 326 g/mol. The molecule has 5 heteroatoms. The van der Waals surface area contributed by atoms with Crippen molar-refractivity contribution in [3.63, 3.8) is 0 Å². The minimum atomic E-state index is -0.734. The average Bonchev–Trinajstić information content (AvgIpc) is 2.98. The molecule has 1 aromatic heterocycles. The van der Waals surface area contributed by atoms with E-state index in [1.165, 1.54) is 11.0 Å². The second kappa shape index (κ2) is 6.84. The number of para-hydroxylation sites is 1. The van der Waals surface area contributed by atoms with Crippen LogP contribution in [0.1, 0.15) is 11.3 Å². The fraction of sp³-hybridized carbons (Fsp3) is 0.211. The van der Waals surface area contributed by atoms with Gasteiger partial charge in [-0.2, -0.15) is 0 Å². The van der Waals surface area contributed by atoms with Crippen LogP contribution in [0, 0.1) is 5.82 Å². The molecule has 1 atom stereocenters. The Bertz CT molecular complexity index is 826. The fourth-order valence-corrected chi connectivity index (χ4v) is 2.68. The van der Waals surface area contributed by atoms with Crippen LogP contribution < -0.4 is 5.73 Å². The van der Waals surface area contributed by atoms with Gasteiger partial charge >= 0.3 is 0 Å². The largest absolute Gasteiger partial charge is 0.461 e. The van der Waals surface area contributed by atoms with Crippen molar-refractivity contribution in [2.24, 2.45) is 5.73 Å². The molecule has 1 unspecified atom stereocenters. The third-order valence-corrected chi connectivity index (χ3v) is 3.96. The van der Waals surface area contributed by atoms with Gasteiger partial charge in [-0.05, 0) is 18.2 Å². The van der Waals surface area contributed by atoms with E-state index in [-0.39, 0.29) is 18.3 Å². The summed E-state index contributed by atoms with van der Waals surface area (Å²) in [6.07, 6.45) is 0.301. The summed E-state index contributed by atoms with van der Waals surface area (Å²) < 4.78 is 19.4. The lowest BCUT2D eigenvalue weighted by Gasteiger charge is -2.21. The van der Waals surface area contributed by atoms with Gasteiger partial charge in [0.25, 0.3) is 0 Å². The van der Waals surface area contributed by atoms with Crippen molar-refractivity contribution in [2.75, 3.05) is 7.05 Å². The Hall–Kier alpha value is -2.66. The molecule has 0 aliphatic rings. The standard InChI is InChI=1S/C19H19FN2O2/c1-22(12-14-7-2-4-8-16(14)20)19(23)17(21)11-15-10-13-6-3-5-9-18(13)24-15/h2-10,17H,11-12,21H2,1H3. The molecule has 2 aromatic carbocycles. The summed E-state index contributed by atoms with van der Waals surface area (Å²) in [5.41, 5.74) is 7.25. The van der Waals surface area contributed by atoms with Crippen LogP contribution in [0.25, 0.3) is 11.0 Å². The predicted octanol–water partition coefficient (Wildman–Crippen LogP) is 3.10. The molecule has 24 heavy (non-hydrogen) atoms. The van der Waals surface area contributed by atoms with Gasteiger partial charge in [-0.25, -0.2) is 4.39 Å². The molecule has 0 bridgehead atoms. The number of rotatable bonds is 5. The lowest BCUT2D eigenvalue weighted by molar-refractivity contribution is -0.131. The highest BCUT2D eigenvalue weighted by molar-refractivity contribution is 5.82. The highest BCUT2D eigenvalue weighted by Gasteiger charge is 2.21. The highest BCUT2D eigenvalue weighted by atomic mass is 19.1. The van der Waals surface area contributed by atoms with Crippen LogP contribution in [-0.4, -0.2) is 23.9 Å². The second-order valence-corrected chi connectivity index (χ2v) is 5.85. The Morgan fingerprint density at radius 1 is 1.21 bits per heavy atom. The minimum Gasteiger partial charge on any atom is -0.461 e. The highest BCUT2D eigenvalue weighted by Crippen LogP contribution is 2.20. The molecule has 0 aliphatic carbocycles. The number of nitrogens with zero attached hydrogens (tertiary/aromatic N) is 1. The van der Waals surface area contributed by atoms with Gasteiger partial charge < -0.3 is 15.1 Å². The molecule has 0 aliphatic heterocycles. The summed E-state index contributed by atoms with van der Waals surface area (Å²) in [6.45, 7) is 0.180. The second-order valence-electron chi connectivity index (χ2n) is 5.85. The number of halogens is 1. The van der Waals surface area contributed by atoms with Gasteiger partial charge in [0.2, 0.25) is 5.91 Å². The Kier molecular flexibility index (Phi) is 4.62. The predicted molar refractivity (Wildman–Crippen MR) is 90.8 cm³/mol. The topological polar surface area (TPSA) is 59.5 Å². The molecular formula is C19H19FN2O2. The third kappa shape index (κ3) is 3.46. The summed E-state index contributed by atoms with van der Waals surface area (Å²) in [7, 11) is 1.62. The first-order valence-electron chi connectivity index (χ1n) is 7.76. The van der Waals surface area contributed by atoms with E-state index in [1.807, 2.05) is 30.3 Å². The Labute approximate surface area is 139 Å². The van der Waals surface area contributed by atoms with Crippen molar-refractivity contribution in [2.45, 2.75) is 19.0 Å². The number of amides is 1. The molecule has 2 N–H and O–H groups in total. The zero-order valence-corrected chi connectivity index (χ0v) is 13.4. The van der Waals surface area contributed by atoms with Crippen LogP contribution in [0.4, 0.5) is 4.39 Å². The van der Waals surface area contributed by atoms with E-state index >= 15 is 0 Å². The number of furan rings is 1. The van der Waals surface area contributed by atoms with Crippen molar-refractivity contribution in [1.29, 1.82) is 0 Å². The first kappa shape index (κ1) is 16.2. The molecule has 4 nitrogen and oxygen atoms in total. The maximum absolute atomic E-state index is 13.7. The van der Waals surface area contributed by atoms with Crippen molar-refractivity contribution in [3.8, 4) is 0 Å². The summed E-state index contributed by atoms with van der Waals surface area (Å²) in [5.74, 6) is 0.0815. The maximum atomic E-state index is 13.7. The zero-order chi connectivity index (χ0) is 17.1. The van der Waals surface area contributed by atoms with Crippen LogP contribution in [0.15, 0.2) is 59.0 Å². The van der Waals surface area contributed by atoms with Gasteiger partial charge in [0.05, 0.1) is 6.04 Å². The third-order valence-electron chi connectivity index (χ3n) is 3.96. The minimum absolute atomic E-state index is 0.180. The zero-order valence-electron chi connectivity index (χ0n) is 13.4. The smallest absolute Gasteiger partial charge is 0.239 e. The lowest BCUT2D eigenvalue weighted by atomic mass is 10.1.